The lowest BCUT2D eigenvalue weighted by Gasteiger charge is -2.34. The average molecular weight is 383 g/mol. The van der Waals surface area contributed by atoms with E-state index in [2.05, 4.69) is 41.1 Å². The minimum Gasteiger partial charge on any atom is -0.500 e. The molecule has 0 fully saturated rings. The van der Waals surface area contributed by atoms with Crippen molar-refractivity contribution in [1.82, 2.24) is 10.3 Å². The number of hydrogen-bond acceptors (Lipinski definition) is 4. The number of para-hydroxylation sites is 1. The zero-order valence-electron chi connectivity index (χ0n) is 17.0. The van der Waals surface area contributed by atoms with Gasteiger partial charge in [-0.15, -0.1) is 6.58 Å². The maximum absolute atomic E-state index is 12.2. The van der Waals surface area contributed by atoms with E-state index in [1.807, 2.05) is 19.9 Å². The molecule has 3 heterocycles. The number of esters is 1. The quantitative estimate of drug-likeness (QED) is 0.612. The molecule has 0 saturated heterocycles. The number of fused-ring (bicyclic) bond motifs is 3. The van der Waals surface area contributed by atoms with Gasteiger partial charge >= 0.3 is 5.97 Å². The van der Waals surface area contributed by atoms with Crippen LogP contribution in [0.1, 0.15) is 37.6 Å². The summed E-state index contributed by atoms with van der Waals surface area (Å²) in [6, 6.07) is 8.58. The van der Waals surface area contributed by atoms with Gasteiger partial charge in [0.25, 0.3) is 0 Å². The van der Waals surface area contributed by atoms with Crippen molar-refractivity contribution < 1.29 is 14.3 Å². The number of ether oxygens (including phenoxy) is 2. The predicted molar refractivity (Wildman–Crippen MR) is 112 cm³/mol. The third-order valence-electron chi connectivity index (χ3n) is 5.59. The molecule has 0 spiro atoms. The highest BCUT2D eigenvalue weighted by Crippen LogP contribution is 2.38. The molecule has 0 radical (unpaired) electrons. The van der Waals surface area contributed by atoms with Gasteiger partial charge in [0.2, 0.25) is 0 Å². The molecule has 2 aliphatic heterocycles. The van der Waals surface area contributed by atoms with E-state index in [0.717, 1.165) is 19.4 Å². The number of methoxy groups -OCH3 is 1. The fourth-order valence-electron chi connectivity index (χ4n) is 4.25. The molecule has 2 aliphatic rings. The van der Waals surface area contributed by atoms with Crippen molar-refractivity contribution in [3.63, 3.8) is 0 Å². The van der Waals surface area contributed by atoms with Gasteiger partial charge < -0.3 is 19.8 Å². The van der Waals surface area contributed by atoms with E-state index in [1.165, 1.54) is 29.3 Å². The summed E-state index contributed by atoms with van der Waals surface area (Å²) in [7, 11) is 1.41. The second-order valence-electron chi connectivity index (χ2n) is 6.96. The number of carbonyl (C=O) groups excluding carboxylic acids is 1. The molecule has 28 heavy (non-hydrogen) atoms. The van der Waals surface area contributed by atoms with E-state index in [-0.39, 0.29) is 23.8 Å². The van der Waals surface area contributed by atoms with Crippen molar-refractivity contribution in [2.45, 2.75) is 32.7 Å². The normalized spacial score (nSPS) is 23.5. The second kappa shape index (κ2) is 9.11. The van der Waals surface area contributed by atoms with Gasteiger partial charge in [0.15, 0.2) is 0 Å². The van der Waals surface area contributed by atoms with Crippen LogP contribution in [0.15, 0.2) is 48.8 Å². The molecule has 2 N–H and O–H groups in total. The van der Waals surface area contributed by atoms with Crippen LogP contribution in [0.25, 0.3) is 10.9 Å². The van der Waals surface area contributed by atoms with Crippen LogP contribution in [0, 0.1) is 11.8 Å². The van der Waals surface area contributed by atoms with E-state index in [1.54, 1.807) is 6.26 Å². The molecule has 1 aromatic heterocycles. The summed E-state index contributed by atoms with van der Waals surface area (Å²) in [6.07, 6.45) is 5.25. The zero-order chi connectivity index (χ0) is 20.1. The highest BCUT2D eigenvalue weighted by Gasteiger charge is 2.36. The van der Waals surface area contributed by atoms with E-state index < -0.39 is 0 Å². The molecular weight excluding hydrogens is 352 g/mol. The molecular formula is C23H30N2O3. The molecule has 3 unspecified atom stereocenters. The maximum atomic E-state index is 12.2. The van der Waals surface area contributed by atoms with E-state index in [9.17, 15) is 4.79 Å². The summed E-state index contributed by atoms with van der Waals surface area (Å²) < 4.78 is 10.5. The highest BCUT2D eigenvalue weighted by molar-refractivity contribution is 5.89. The fourth-order valence-corrected chi connectivity index (χ4v) is 4.25. The molecule has 150 valence electrons. The summed E-state index contributed by atoms with van der Waals surface area (Å²) in [5, 5.41) is 4.92. The molecule has 2 aromatic rings. The van der Waals surface area contributed by atoms with Crippen molar-refractivity contribution in [3.8, 4) is 0 Å². The van der Waals surface area contributed by atoms with Crippen LogP contribution in [-0.4, -0.2) is 31.2 Å². The molecule has 1 aromatic carbocycles. The summed E-state index contributed by atoms with van der Waals surface area (Å²) >= 11 is 0. The SMILES string of the molecule is C=CC1COC=C(C(=O)OC)C1CC1NCCc2c1[nH]c1ccccc21.CC. The topological polar surface area (TPSA) is 63.4 Å². The van der Waals surface area contributed by atoms with E-state index >= 15 is 0 Å². The maximum Gasteiger partial charge on any atom is 0.337 e. The minimum absolute atomic E-state index is 0.0172. The van der Waals surface area contributed by atoms with E-state index in [4.69, 9.17) is 9.47 Å². The Morgan fingerprint density at radius 2 is 2.14 bits per heavy atom. The predicted octanol–water partition coefficient (Wildman–Crippen LogP) is 4.28. The molecule has 0 aliphatic carbocycles. The number of carbonyl (C=O) groups is 1. The highest BCUT2D eigenvalue weighted by atomic mass is 16.5. The summed E-state index contributed by atoms with van der Waals surface area (Å²) in [5.41, 5.74) is 4.38. The molecule has 0 saturated carbocycles. The Hall–Kier alpha value is -2.53. The number of nitrogens with one attached hydrogen (secondary N) is 2. The number of rotatable bonds is 4. The number of aromatic amines is 1. The van der Waals surface area contributed by atoms with Crippen LogP contribution in [0.5, 0.6) is 0 Å². The molecule has 5 heteroatoms. The molecule has 4 rings (SSSR count). The Morgan fingerprint density at radius 1 is 1.36 bits per heavy atom. The lowest BCUT2D eigenvalue weighted by atomic mass is 9.79. The van der Waals surface area contributed by atoms with Crippen LogP contribution in [-0.2, 0) is 20.7 Å². The Balaban J connectivity index is 0.00000109. The first-order valence-corrected chi connectivity index (χ1v) is 10.1. The smallest absolute Gasteiger partial charge is 0.337 e. The first kappa shape index (κ1) is 20.2. The Labute approximate surface area is 166 Å². The van der Waals surface area contributed by atoms with Crippen molar-refractivity contribution in [2.24, 2.45) is 11.8 Å². The third kappa shape index (κ3) is 3.72. The van der Waals surface area contributed by atoms with Crippen LogP contribution in [0.2, 0.25) is 0 Å². The van der Waals surface area contributed by atoms with Gasteiger partial charge in [-0.25, -0.2) is 4.79 Å². The first-order valence-electron chi connectivity index (χ1n) is 10.1. The monoisotopic (exact) mass is 382 g/mol. The van der Waals surface area contributed by atoms with Gasteiger partial charge in [-0.3, -0.25) is 0 Å². The molecule has 5 nitrogen and oxygen atoms in total. The Kier molecular flexibility index (Phi) is 6.57. The standard InChI is InChI=1S/C21H24N2O3.C2H6/c1-3-13-11-26-12-17(21(24)25-2)16(13)10-19-20-15(8-9-22-19)14-6-4-5-7-18(14)23-20;1-2/h3-7,12-13,16,19,22-23H,1,8-11H2,2H3;1-2H3. The van der Waals surface area contributed by atoms with Crippen LogP contribution in [0.3, 0.4) is 0 Å². The average Bonchev–Trinajstić information content (AvgIpc) is 3.14. The van der Waals surface area contributed by atoms with Gasteiger partial charge in [0.1, 0.15) is 0 Å². The Bertz CT molecular complexity index is 868. The number of benzene rings is 1. The summed E-state index contributed by atoms with van der Waals surface area (Å²) in [4.78, 5) is 15.8. The van der Waals surface area contributed by atoms with Crippen molar-refractivity contribution in [3.05, 3.63) is 60.0 Å². The van der Waals surface area contributed by atoms with Crippen molar-refractivity contribution >= 4 is 16.9 Å². The van der Waals surface area contributed by atoms with E-state index in [0.29, 0.717) is 12.2 Å². The molecule has 0 bridgehead atoms. The summed E-state index contributed by atoms with van der Waals surface area (Å²) in [6.45, 7) is 9.41. The van der Waals surface area contributed by atoms with Crippen molar-refractivity contribution in [1.29, 1.82) is 0 Å². The van der Waals surface area contributed by atoms with Gasteiger partial charge in [-0.1, -0.05) is 38.1 Å². The third-order valence-corrected chi connectivity index (χ3v) is 5.59. The first-order chi connectivity index (χ1) is 13.7. The number of aromatic nitrogens is 1. The van der Waals surface area contributed by atoms with Crippen LogP contribution >= 0.6 is 0 Å². The van der Waals surface area contributed by atoms with Gasteiger partial charge in [-0.2, -0.15) is 0 Å². The molecule has 3 atom stereocenters. The number of hydrogen-bond donors (Lipinski definition) is 2. The summed E-state index contributed by atoms with van der Waals surface area (Å²) in [5.74, 6) is -0.219. The van der Waals surface area contributed by atoms with Gasteiger partial charge in [0.05, 0.1) is 25.6 Å². The number of H-pyrrole nitrogens is 1. The molecule has 0 amide bonds. The Morgan fingerprint density at radius 3 is 2.89 bits per heavy atom. The minimum atomic E-state index is -0.325. The van der Waals surface area contributed by atoms with Gasteiger partial charge in [0, 0.05) is 34.5 Å². The van der Waals surface area contributed by atoms with Crippen LogP contribution < -0.4 is 5.32 Å². The van der Waals surface area contributed by atoms with Gasteiger partial charge in [-0.05, 0) is 31.0 Å². The largest absolute Gasteiger partial charge is 0.500 e. The zero-order valence-corrected chi connectivity index (χ0v) is 17.0. The van der Waals surface area contributed by atoms with Crippen molar-refractivity contribution in [2.75, 3.05) is 20.3 Å². The second-order valence-corrected chi connectivity index (χ2v) is 6.96. The lowest BCUT2D eigenvalue weighted by molar-refractivity contribution is -0.137. The van der Waals surface area contributed by atoms with Crippen LogP contribution in [0.4, 0.5) is 0 Å². The fraction of sp³-hybridized carbons (Fsp3) is 0.435. The lowest BCUT2D eigenvalue weighted by Crippen LogP contribution is -2.36.